The molecule has 2 aromatic rings. The molecule has 1 amide bonds. The minimum Gasteiger partial charge on any atom is -0.495 e. The number of alkyl halides is 3. The highest BCUT2D eigenvalue weighted by atomic mass is 35.5. The molecule has 0 spiro atoms. The zero-order chi connectivity index (χ0) is 22.9. The van der Waals surface area contributed by atoms with Crippen molar-refractivity contribution in [3.63, 3.8) is 0 Å². The molecule has 2 aliphatic heterocycles. The number of aromatic nitrogens is 2. The third kappa shape index (κ3) is 4.64. The van der Waals surface area contributed by atoms with Gasteiger partial charge in [0.05, 0.1) is 24.1 Å². The van der Waals surface area contributed by atoms with Crippen LogP contribution in [0.15, 0.2) is 36.6 Å². The number of nitrogens with zero attached hydrogens (tertiary/aromatic N) is 4. The standard InChI is InChI=1S/C21H22ClF3N4O3/c1-31-18-11-14(4-5-15(18)22)27-6-8-28(9-7-27)20(30)13-29-16(17-3-2-10-32-17)12-19(26-29)21(23,24)25/h2,4-5,10-12,17H,3,6-9,13H2,1H3. The lowest BCUT2D eigenvalue weighted by atomic mass is 10.2. The summed E-state index contributed by atoms with van der Waals surface area (Å²) in [4.78, 5) is 16.6. The van der Waals surface area contributed by atoms with Gasteiger partial charge in [-0.05, 0) is 24.3 Å². The summed E-state index contributed by atoms with van der Waals surface area (Å²) in [5.74, 6) is 0.278. The highest BCUT2D eigenvalue weighted by molar-refractivity contribution is 6.32. The van der Waals surface area contributed by atoms with E-state index in [1.807, 2.05) is 12.1 Å². The lowest BCUT2D eigenvalue weighted by molar-refractivity contribution is -0.142. The van der Waals surface area contributed by atoms with E-state index in [0.29, 0.717) is 43.4 Å². The van der Waals surface area contributed by atoms with Crippen molar-refractivity contribution in [2.75, 3.05) is 38.2 Å². The first-order valence-corrected chi connectivity index (χ1v) is 10.5. The monoisotopic (exact) mass is 470 g/mol. The fourth-order valence-corrected chi connectivity index (χ4v) is 4.01. The number of anilines is 1. The number of piperazine rings is 1. The molecule has 1 saturated heterocycles. The summed E-state index contributed by atoms with van der Waals surface area (Å²) in [5, 5.41) is 4.16. The summed E-state index contributed by atoms with van der Waals surface area (Å²) in [5.41, 5.74) is 0.133. The van der Waals surface area contributed by atoms with Crippen molar-refractivity contribution in [2.45, 2.75) is 25.2 Å². The summed E-state index contributed by atoms with van der Waals surface area (Å²) in [6.45, 7) is 1.75. The number of methoxy groups -OCH3 is 1. The van der Waals surface area contributed by atoms with Gasteiger partial charge in [0.1, 0.15) is 18.4 Å². The van der Waals surface area contributed by atoms with E-state index in [2.05, 4.69) is 10.00 Å². The fourth-order valence-electron chi connectivity index (χ4n) is 3.82. The van der Waals surface area contributed by atoms with Crippen LogP contribution in [0.4, 0.5) is 18.9 Å². The third-order valence-electron chi connectivity index (χ3n) is 5.54. The zero-order valence-corrected chi connectivity index (χ0v) is 18.1. The summed E-state index contributed by atoms with van der Waals surface area (Å²) < 4.78 is 51.3. The number of rotatable bonds is 5. The van der Waals surface area contributed by atoms with Crippen LogP contribution in [0.3, 0.4) is 0 Å². The van der Waals surface area contributed by atoms with Crippen LogP contribution in [0.25, 0.3) is 0 Å². The quantitative estimate of drug-likeness (QED) is 0.663. The molecule has 0 bridgehead atoms. The maximum absolute atomic E-state index is 13.2. The van der Waals surface area contributed by atoms with E-state index in [0.717, 1.165) is 16.4 Å². The Balaban J connectivity index is 1.42. The number of amides is 1. The smallest absolute Gasteiger partial charge is 0.435 e. The Morgan fingerprint density at radius 3 is 2.62 bits per heavy atom. The molecule has 172 valence electrons. The van der Waals surface area contributed by atoms with Crippen LogP contribution in [-0.2, 0) is 22.3 Å². The summed E-state index contributed by atoms with van der Waals surface area (Å²) in [6, 6.07) is 6.43. The van der Waals surface area contributed by atoms with Crippen LogP contribution >= 0.6 is 11.6 Å². The first kappa shape index (κ1) is 22.3. The molecule has 1 aromatic heterocycles. The van der Waals surface area contributed by atoms with Gasteiger partial charge in [-0.3, -0.25) is 9.48 Å². The van der Waals surface area contributed by atoms with Crippen LogP contribution < -0.4 is 9.64 Å². The molecule has 1 fully saturated rings. The zero-order valence-electron chi connectivity index (χ0n) is 17.3. The summed E-state index contributed by atoms with van der Waals surface area (Å²) >= 11 is 6.08. The third-order valence-corrected chi connectivity index (χ3v) is 5.85. The van der Waals surface area contributed by atoms with E-state index in [-0.39, 0.29) is 18.1 Å². The molecule has 0 radical (unpaired) electrons. The van der Waals surface area contributed by atoms with Gasteiger partial charge in [-0.1, -0.05) is 11.6 Å². The number of hydrogen-bond acceptors (Lipinski definition) is 5. The predicted molar refractivity (Wildman–Crippen MR) is 112 cm³/mol. The van der Waals surface area contributed by atoms with Crippen molar-refractivity contribution in [3.8, 4) is 5.75 Å². The van der Waals surface area contributed by atoms with E-state index >= 15 is 0 Å². The van der Waals surface area contributed by atoms with Crippen molar-refractivity contribution in [3.05, 3.63) is 53.0 Å². The van der Waals surface area contributed by atoms with Crippen molar-refractivity contribution >= 4 is 23.2 Å². The number of carbonyl (C=O) groups is 1. The van der Waals surface area contributed by atoms with Gasteiger partial charge in [0.25, 0.3) is 0 Å². The first-order chi connectivity index (χ1) is 15.3. The summed E-state index contributed by atoms with van der Waals surface area (Å²) in [7, 11) is 1.54. The topological polar surface area (TPSA) is 59.8 Å². The molecule has 2 aliphatic rings. The van der Waals surface area contributed by atoms with Crippen molar-refractivity contribution in [2.24, 2.45) is 0 Å². The molecule has 1 unspecified atom stereocenters. The van der Waals surface area contributed by atoms with Crippen LogP contribution in [0.2, 0.25) is 5.02 Å². The maximum atomic E-state index is 13.2. The Kier molecular flexibility index (Phi) is 6.23. The first-order valence-electron chi connectivity index (χ1n) is 10.1. The SMILES string of the molecule is COc1cc(N2CCN(C(=O)Cn3nc(C(F)(F)F)cc3C3CC=CO3)CC2)ccc1Cl. The Bertz CT molecular complexity index is 1010. The highest BCUT2D eigenvalue weighted by Crippen LogP contribution is 2.34. The molecule has 7 nitrogen and oxygen atoms in total. The number of ether oxygens (including phenoxy) is 2. The van der Waals surface area contributed by atoms with Gasteiger partial charge in [-0.2, -0.15) is 18.3 Å². The highest BCUT2D eigenvalue weighted by Gasteiger charge is 2.37. The van der Waals surface area contributed by atoms with E-state index in [1.54, 1.807) is 24.2 Å². The average molecular weight is 471 g/mol. The number of benzene rings is 1. The minimum absolute atomic E-state index is 0.238. The van der Waals surface area contributed by atoms with Gasteiger partial charge >= 0.3 is 6.18 Å². The Morgan fingerprint density at radius 1 is 1.25 bits per heavy atom. The van der Waals surface area contributed by atoms with Crippen LogP contribution in [0, 0.1) is 0 Å². The lowest BCUT2D eigenvalue weighted by Gasteiger charge is -2.36. The Hall–Kier alpha value is -2.88. The molecular weight excluding hydrogens is 449 g/mol. The minimum atomic E-state index is -4.60. The molecule has 1 aromatic carbocycles. The van der Waals surface area contributed by atoms with Crippen LogP contribution in [0.5, 0.6) is 5.75 Å². The average Bonchev–Trinajstić information content (AvgIpc) is 3.44. The van der Waals surface area contributed by atoms with Crippen molar-refractivity contribution < 1.29 is 27.4 Å². The molecule has 3 heterocycles. The second-order valence-electron chi connectivity index (χ2n) is 7.53. The molecule has 11 heteroatoms. The van der Waals surface area contributed by atoms with Crippen molar-refractivity contribution in [1.29, 1.82) is 0 Å². The van der Waals surface area contributed by atoms with Gasteiger partial charge < -0.3 is 19.3 Å². The fraction of sp³-hybridized carbons (Fsp3) is 0.429. The maximum Gasteiger partial charge on any atom is 0.435 e. The number of hydrogen-bond donors (Lipinski definition) is 0. The molecule has 4 rings (SSSR count). The summed E-state index contributed by atoms with van der Waals surface area (Å²) in [6.07, 6.45) is -1.58. The van der Waals surface area contributed by atoms with Gasteiger partial charge in [0, 0.05) is 44.4 Å². The van der Waals surface area contributed by atoms with Gasteiger partial charge in [0.2, 0.25) is 5.91 Å². The molecule has 0 aliphatic carbocycles. The largest absolute Gasteiger partial charge is 0.495 e. The number of carbonyl (C=O) groups excluding carboxylic acids is 1. The molecule has 1 atom stereocenters. The molecule has 0 saturated carbocycles. The van der Waals surface area contributed by atoms with E-state index in [4.69, 9.17) is 21.1 Å². The van der Waals surface area contributed by atoms with E-state index < -0.39 is 18.0 Å². The van der Waals surface area contributed by atoms with E-state index in [9.17, 15) is 18.0 Å². The molecule has 32 heavy (non-hydrogen) atoms. The van der Waals surface area contributed by atoms with Crippen molar-refractivity contribution in [1.82, 2.24) is 14.7 Å². The normalized spacial score (nSPS) is 18.7. The second-order valence-corrected chi connectivity index (χ2v) is 7.94. The van der Waals surface area contributed by atoms with Crippen LogP contribution in [0.1, 0.15) is 23.9 Å². The Morgan fingerprint density at radius 2 is 2.00 bits per heavy atom. The second kappa shape index (κ2) is 8.93. The van der Waals surface area contributed by atoms with E-state index in [1.165, 1.54) is 6.26 Å². The van der Waals surface area contributed by atoms with Crippen LogP contribution in [-0.4, -0.2) is 53.9 Å². The predicted octanol–water partition coefficient (Wildman–Crippen LogP) is 3.89. The Labute approximate surface area is 187 Å². The van der Waals surface area contributed by atoms with Gasteiger partial charge in [-0.15, -0.1) is 0 Å². The molecular formula is C21H22ClF3N4O3. The molecule has 0 N–H and O–H groups in total. The van der Waals surface area contributed by atoms with Gasteiger partial charge in [-0.25, -0.2) is 0 Å². The number of halogens is 4. The lowest BCUT2D eigenvalue weighted by Crippen LogP contribution is -2.49. The van der Waals surface area contributed by atoms with Gasteiger partial charge in [0.15, 0.2) is 5.69 Å².